The third-order valence-electron chi connectivity index (χ3n) is 2.55. The lowest BCUT2D eigenvalue weighted by Crippen LogP contribution is -2.08. The standard InChI is InChI=1S/C7H11F/c8-7-4-2-1-3-6(7)5-7/h6H,1-5H2. The summed E-state index contributed by atoms with van der Waals surface area (Å²) in [5.41, 5.74) is -0.655. The molecule has 2 fully saturated rings. The van der Waals surface area contributed by atoms with Crippen LogP contribution in [0.1, 0.15) is 32.1 Å². The fraction of sp³-hybridized carbons (Fsp3) is 1.00. The molecule has 2 rings (SSSR count). The molecule has 46 valence electrons. The molecule has 2 atom stereocenters. The van der Waals surface area contributed by atoms with Gasteiger partial charge in [-0.2, -0.15) is 0 Å². The molecule has 0 nitrogen and oxygen atoms in total. The highest BCUT2D eigenvalue weighted by Crippen LogP contribution is 2.56. The van der Waals surface area contributed by atoms with Crippen LogP contribution in [0.15, 0.2) is 0 Å². The van der Waals surface area contributed by atoms with Gasteiger partial charge in [-0.1, -0.05) is 12.8 Å². The van der Waals surface area contributed by atoms with E-state index in [2.05, 4.69) is 0 Å². The van der Waals surface area contributed by atoms with Crippen LogP contribution < -0.4 is 0 Å². The van der Waals surface area contributed by atoms with Crippen LogP contribution in [0, 0.1) is 5.92 Å². The summed E-state index contributed by atoms with van der Waals surface area (Å²) >= 11 is 0. The van der Waals surface area contributed by atoms with E-state index >= 15 is 0 Å². The van der Waals surface area contributed by atoms with Gasteiger partial charge in [0.1, 0.15) is 5.67 Å². The van der Waals surface area contributed by atoms with E-state index in [1.807, 2.05) is 0 Å². The topological polar surface area (TPSA) is 0 Å². The summed E-state index contributed by atoms with van der Waals surface area (Å²) in [6, 6.07) is 0. The van der Waals surface area contributed by atoms with Crippen LogP contribution in [-0.2, 0) is 0 Å². The molecule has 1 heteroatoms. The molecule has 0 aromatic heterocycles. The molecule has 0 aliphatic heterocycles. The van der Waals surface area contributed by atoms with Crippen LogP contribution in [0.2, 0.25) is 0 Å². The maximum absolute atomic E-state index is 12.9. The van der Waals surface area contributed by atoms with Gasteiger partial charge in [0.15, 0.2) is 0 Å². The van der Waals surface area contributed by atoms with Gasteiger partial charge in [0.2, 0.25) is 0 Å². The fourth-order valence-electron chi connectivity index (χ4n) is 1.83. The largest absolute Gasteiger partial charge is 0.244 e. The second-order valence-corrected chi connectivity index (χ2v) is 3.18. The molecule has 0 bridgehead atoms. The normalized spacial score (nSPS) is 52.9. The first-order valence-corrected chi connectivity index (χ1v) is 3.50. The van der Waals surface area contributed by atoms with E-state index in [9.17, 15) is 4.39 Å². The van der Waals surface area contributed by atoms with Crippen molar-refractivity contribution < 1.29 is 4.39 Å². The van der Waals surface area contributed by atoms with Crippen LogP contribution in [0.4, 0.5) is 4.39 Å². The highest BCUT2D eigenvalue weighted by Gasteiger charge is 2.55. The number of halogens is 1. The SMILES string of the molecule is FC12CCCCC1C2. The van der Waals surface area contributed by atoms with Gasteiger partial charge >= 0.3 is 0 Å². The Balaban J connectivity index is 2.04. The third-order valence-corrected chi connectivity index (χ3v) is 2.55. The Morgan fingerprint density at radius 1 is 1.38 bits per heavy atom. The summed E-state index contributed by atoms with van der Waals surface area (Å²) in [4.78, 5) is 0. The molecule has 0 N–H and O–H groups in total. The van der Waals surface area contributed by atoms with Gasteiger partial charge in [0.05, 0.1) is 0 Å². The van der Waals surface area contributed by atoms with Gasteiger partial charge in [-0.25, -0.2) is 4.39 Å². The Morgan fingerprint density at radius 2 is 2.25 bits per heavy atom. The predicted octanol–water partition coefficient (Wildman–Crippen LogP) is 2.29. The molecule has 0 saturated heterocycles. The quantitative estimate of drug-likeness (QED) is 0.453. The molecule has 2 saturated carbocycles. The van der Waals surface area contributed by atoms with E-state index in [1.54, 1.807) is 0 Å². The molecule has 0 amide bonds. The minimum Gasteiger partial charge on any atom is -0.244 e. The average Bonchev–Trinajstić information content (AvgIpc) is 2.39. The number of fused-ring (bicyclic) bond motifs is 1. The zero-order valence-electron chi connectivity index (χ0n) is 4.99. The van der Waals surface area contributed by atoms with Crippen LogP contribution in [0.3, 0.4) is 0 Å². The monoisotopic (exact) mass is 114 g/mol. The van der Waals surface area contributed by atoms with E-state index < -0.39 is 5.67 Å². The van der Waals surface area contributed by atoms with Gasteiger partial charge in [0, 0.05) is 0 Å². The maximum atomic E-state index is 12.9. The molecule has 2 aliphatic rings. The summed E-state index contributed by atoms with van der Waals surface area (Å²) in [6.07, 6.45) is 5.31. The van der Waals surface area contributed by atoms with Crippen LogP contribution in [-0.4, -0.2) is 5.67 Å². The van der Waals surface area contributed by atoms with Crippen LogP contribution in [0.5, 0.6) is 0 Å². The van der Waals surface area contributed by atoms with E-state index in [0.29, 0.717) is 5.92 Å². The minimum absolute atomic E-state index is 0.483. The van der Waals surface area contributed by atoms with Crippen molar-refractivity contribution in [3.05, 3.63) is 0 Å². The van der Waals surface area contributed by atoms with Crippen molar-refractivity contribution in [1.29, 1.82) is 0 Å². The summed E-state index contributed by atoms with van der Waals surface area (Å²) in [6.45, 7) is 0. The van der Waals surface area contributed by atoms with Gasteiger partial charge in [-0.05, 0) is 25.2 Å². The second kappa shape index (κ2) is 1.26. The van der Waals surface area contributed by atoms with Gasteiger partial charge in [-0.3, -0.25) is 0 Å². The molecular formula is C7H11F. The Labute approximate surface area is 49.1 Å². The molecule has 0 aromatic carbocycles. The predicted molar refractivity (Wildman–Crippen MR) is 30.4 cm³/mol. The van der Waals surface area contributed by atoms with Crippen molar-refractivity contribution in [2.24, 2.45) is 5.92 Å². The average molecular weight is 114 g/mol. The van der Waals surface area contributed by atoms with Gasteiger partial charge < -0.3 is 0 Å². The zero-order chi connectivity index (χ0) is 5.61. The van der Waals surface area contributed by atoms with Crippen LogP contribution >= 0.6 is 0 Å². The Morgan fingerprint density at radius 3 is 2.75 bits per heavy atom. The lowest BCUT2D eigenvalue weighted by atomic mass is 9.99. The maximum Gasteiger partial charge on any atom is 0.114 e. The van der Waals surface area contributed by atoms with E-state index in [-0.39, 0.29) is 0 Å². The number of hydrogen-bond donors (Lipinski definition) is 0. The smallest absolute Gasteiger partial charge is 0.114 e. The molecule has 8 heavy (non-hydrogen) atoms. The lowest BCUT2D eigenvalue weighted by Gasteiger charge is -2.11. The van der Waals surface area contributed by atoms with Gasteiger partial charge in [0.25, 0.3) is 0 Å². The van der Waals surface area contributed by atoms with E-state index in [4.69, 9.17) is 0 Å². The summed E-state index contributed by atoms with van der Waals surface area (Å²) in [5, 5.41) is 0. The molecule has 0 radical (unpaired) electrons. The zero-order valence-corrected chi connectivity index (χ0v) is 4.99. The first-order chi connectivity index (χ1) is 3.81. The van der Waals surface area contributed by atoms with Crippen molar-refractivity contribution >= 4 is 0 Å². The Bertz CT molecular complexity index is 109. The fourth-order valence-corrected chi connectivity index (χ4v) is 1.83. The first-order valence-electron chi connectivity index (χ1n) is 3.50. The van der Waals surface area contributed by atoms with E-state index in [1.165, 1.54) is 6.42 Å². The first kappa shape index (κ1) is 4.78. The highest BCUT2D eigenvalue weighted by atomic mass is 19.1. The summed E-state index contributed by atoms with van der Waals surface area (Å²) in [7, 11) is 0. The lowest BCUT2D eigenvalue weighted by molar-refractivity contribution is 0.226. The van der Waals surface area contributed by atoms with Crippen molar-refractivity contribution in [1.82, 2.24) is 0 Å². The molecule has 0 spiro atoms. The van der Waals surface area contributed by atoms with Crippen molar-refractivity contribution in [3.63, 3.8) is 0 Å². The summed E-state index contributed by atoms with van der Waals surface area (Å²) in [5.74, 6) is 0.483. The number of alkyl halides is 1. The number of hydrogen-bond acceptors (Lipinski definition) is 0. The molecule has 2 unspecified atom stereocenters. The second-order valence-electron chi connectivity index (χ2n) is 3.18. The van der Waals surface area contributed by atoms with Crippen molar-refractivity contribution in [3.8, 4) is 0 Å². The minimum atomic E-state index is -0.655. The van der Waals surface area contributed by atoms with Gasteiger partial charge in [-0.15, -0.1) is 0 Å². The molecule has 2 aliphatic carbocycles. The van der Waals surface area contributed by atoms with Crippen LogP contribution in [0.25, 0.3) is 0 Å². The van der Waals surface area contributed by atoms with Crippen molar-refractivity contribution in [2.75, 3.05) is 0 Å². The Kier molecular flexibility index (Phi) is 0.750. The van der Waals surface area contributed by atoms with Crippen molar-refractivity contribution in [2.45, 2.75) is 37.8 Å². The number of rotatable bonds is 0. The molecular weight excluding hydrogens is 103 g/mol. The molecule has 0 aromatic rings. The third kappa shape index (κ3) is 0.503. The highest BCUT2D eigenvalue weighted by molar-refractivity contribution is 5.05. The van der Waals surface area contributed by atoms with E-state index in [0.717, 1.165) is 25.7 Å². The summed E-state index contributed by atoms with van der Waals surface area (Å²) < 4.78 is 12.9. The Hall–Kier alpha value is -0.0700. The molecule has 0 heterocycles.